The number of nitrogens with one attached hydrogen (secondary N) is 1. The number of hydrogen-bond acceptors (Lipinski definition) is 3. The van der Waals surface area contributed by atoms with Crippen LogP contribution in [0, 0.1) is 5.92 Å². The second-order valence-electron chi connectivity index (χ2n) is 3.24. The van der Waals surface area contributed by atoms with Gasteiger partial charge in [-0.3, -0.25) is 15.2 Å². The van der Waals surface area contributed by atoms with Crippen LogP contribution in [0.15, 0.2) is 24.5 Å². The molecule has 0 aliphatic heterocycles. The summed E-state index contributed by atoms with van der Waals surface area (Å²) in [5.74, 6) is 5.33. The molecule has 1 amide bonds. The Bertz CT molecular complexity index is 312. The van der Waals surface area contributed by atoms with E-state index in [0.29, 0.717) is 5.92 Å². The first-order chi connectivity index (χ1) is 6.33. The number of pyridine rings is 1. The molecule has 0 radical (unpaired) electrons. The number of hydrazine groups is 1. The molecule has 13 heavy (non-hydrogen) atoms. The van der Waals surface area contributed by atoms with Crippen molar-refractivity contribution in [2.75, 3.05) is 0 Å². The lowest BCUT2D eigenvalue weighted by atomic mass is 10.1. The summed E-state index contributed by atoms with van der Waals surface area (Å²) in [6.07, 6.45) is 4.41. The summed E-state index contributed by atoms with van der Waals surface area (Å²) in [4.78, 5) is 15.1. The van der Waals surface area contributed by atoms with E-state index >= 15 is 0 Å². The standard InChI is InChI=1S/C9H11N3O/c10-12-9(13)8-4-7(8)6-2-1-3-11-5-6/h1-3,5,7-8H,4,10H2,(H,12,13)/t7-,8+/m1/s1. The normalized spacial score (nSPS) is 25.3. The largest absolute Gasteiger partial charge is 0.294 e. The van der Waals surface area contributed by atoms with Gasteiger partial charge in [-0.2, -0.15) is 0 Å². The zero-order valence-corrected chi connectivity index (χ0v) is 7.10. The summed E-state index contributed by atoms with van der Waals surface area (Å²) in [7, 11) is 0. The maximum absolute atomic E-state index is 11.1. The zero-order chi connectivity index (χ0) is 9.26. The second-order valence-corrected chi connectivity index (χ2v) is 3.24. The minimum atomic E-state index is -0.0751. The molecular formula is C9H11N3O. The van der Waals surface area contributed by atoms with E-state index in [9.17, 15) is 4.79 Å². The van der Waals surface area contributed by atoms with Crippen molar-refractivity contribution in [1.82, 2.24) is 10.4 Å². The summed E-state index contributed by atoms with van der Waals surface area (Å²) in [6, 6.07) is 3.87. The highest BCUT2D eigenvalue weighted by Gasteiger charge is 2.43. The van der Waals surface area contributed by atoms with E-state index in [4.69, 9.17) is 5.84 Å². The van der Waals surface area contributed by atoms with Crippen LogP contribution in [0.1, 0.15) is 17.9 Å². The Kier molecular flexibility index (Phi) is 1.98. The number of hydrogen-bond donors (Lipinski definition) is 2. The van der Waals surface area contributed by atoms with Gasteiger partial charge in [0.2, 0.25) is 5.91 Å². The third-order valence-corrected chi connectivity index (χ3v) is 2.38. The molecule has 4 heteroatoms. The van der Waals surface area contributed by atoms with Gasteiger partial charge in [-0.1, -0.05) is 6.07 Å². The molecule has 1 aliphatic rings. The van der Waals surface area contributed by atoms with Crippen LogP contribution >= 0.6 is 0 Å². The Hall–Kier alpha value is -1.42. The molecule has 0 saturated heterocycles. The van der Waals surface area contributed by atoms with Crippen LogP contribution in [0.4, 0.5) is 0 Å². The molecule has 4 nitrogen and oxygen atoms in total. The van der Waals surface area contributed by atoms with Gasteiger partial charge in [0, 0.05) is 18.3 Å². The monoisotopic (exact) mass is 177 g/mol. The second kappa shape index (κ2) is 3.14. The van der Waals surface area contributed by atoms with Crippen LogP contribution in [0.3, 0.4) is 0 Å². The van der Waals surface area contributed by atoms with Crippen LogP contribution in [0.5, 0.6) is 0 Å². The molecule has 68 valence electrons. The topological polar surface area (TPSA) is 68.0 Å². The fourth-order valence-corrected chi connectivity index (χ4v) is 1.56. The number of nitrogens with two attached hydrogens (primary N) is 1. The van der Waals surface area contributed by atoms with E-state index in [-0.39, 0.29) is 11.8 Å². The van der Waals surface area contributed by atoms with Crippen LogP contribution in [0.2, 0.25) is 0 Å². The quantitative estimate of drug-likeness (QED) is 0.384. The third-order valence-electron chi connectivity index (χ3n) is 2.38. The van der Waals surface area contributed by atoms with Gasteiger partial charge >= 0.3 is 0 Å². The Morgan fingerprint density at radius 2 is 2.54 bits per heavy atom. The van der Waals surface area contributed by atoms with E-state index in [1.165, 1.54) is 0 Å². The Labute approximate surface area is 76.1 Å². The molecule has 1 aromatic heterocycles. The summed E-state index contributed by atoms with van der Waals surface area (Å²) in [5.41, 5.74) is 3.29. The first kappa shape index (κ1) is 8.19. The highest BCUT2D eigenvalue weighted by Crippen LogP contribution is 2.46. The molecule has 1 fully saturated rings. The number of carbonyl (C=O) groups is 1. The molecule has 0 unspecified atom stereocenters. The van der Waals surface area contributed by atoms with Crippen LogP contribution < -0.4 is 11.3 Å². The molecule has 1 aromatic rings. The minimum absolute atomic E-state index is 0.0502. The van der Waals surface area contributed by atoms with Gasteiger partial charge in [-0.05, 0) is 24.0 Å². The van der Waals surface area contributed by atoms with Crippen LogP contribution in [0.25, 0.3) is 0 Å². The van der Waals surface area contributed by atoms with Gasteiger partial charge in [0.25, 0.3) is 0 Å². The fraction of sp³-hybridized carbons (Fsp3) is 0.333. The summed E-state index contributed by atoms with van der Waals surface area (Å²) in [6.45, 7) is 0. The highest BCUT2D eigenvalue weighted by atomic mass is 16.2. The van der Waals surface area contributed by atoms with Gasteiger partial charge < -0.3 is 0 Å². The number of aromatic nitrogens is 1. The molecule has 1 aliphatic carbocycles. The highest BCUT2D eigenvalue weighted by molar-refractivity contribution is 5.82. The first-order valence-electron chi connectivity index (χ1n) is 4.23. The Morgan fingerprint density at radius 3 is 3.15 bits per heavy atom. The van der Waals surface area contributed by atoms with Crippen molar-refractivity contribution in [1.29, 1.82) is 0 Å². The van der Waals surface area contributed by atoms with E-state index < -0.39 is 0 Å². The van der Waals surface area contributed by atoms with Gasteiger partial charge in [-0.15, -0.1) is 0 Å². The summed E-state index contributed by atoms with van der Waals surface area (Å²) < 4.78 is 0. The summed E-state index contributed by atoms with van der Waals surface area (Å²) >= 11 is 0. The Balaban J connectivity index is 2.04. The number of rotatable bonds is 2. The Morgan fingerprint density at radius 1 is 1.69 bits per heavy atom. The first-order valence-corrected chi connectivity index (χ1v) is 4.23. The number of amides is 1. The molecule has 0 aromatic carbocycles. The van der Waals surface area contributed by atoms with Crippen LogP contribution in [-0.2, 0) is 4.79 Å². The molecule has 1 heterocycles. The molecule has 1 saturated carbocycles. The van der Waals surface area contributed by atoms with Gasteiger partial charge in [0.15, 0.2) is 0 Å². The zero-order valence-electron chi connectivity index (χ0n) is 7.10. The molecule has 0 bridgehead atoms. The van der Waals surface area contributed by atoms with Crippen molar-refractivity contribution in [2.24, 2.45) is 11.8 Å². The van der Waals surface area contributed by atoms with Gasteiger partial charge in [0.1, 0.15) is 0 Å². The maximum atomic E-state index is 11.1. The van der Waals surface area contributed by atoms with Crippen molar-refractivity contribution < 1.29 is 4.79 Å². The average molecular weight is 177 g/mol. The van der Waals surface area contributed by atoms with Crippen molar-refractivity contribution >= 4 is 5.91 Å². The van der Waals surface area contributed by atoms with E-state index in [0.717, 1.165) is 12.0 Å². The molecule has 2 atom stereocenters. The molecule has 2 rings (SSSR count). The van der Waals surface area contributed by atoms with E-state index in [2.05, 4.69) is 10.4 Å². The van der Waals surface area contributed by atoms with Gasteiger partial charge in [0.05, 0.1) is 0 Å². The predicted octanol–water partition coefficient (Wildman–Crippen LogP) is 0.175. The van der Waals surface area contributed by atoms with E-state index in [1.807, 2.05) is 12.1 Å². The lowest BCUT2D eigenvalue weighted by molar-refractivity contribution is -0.122. The minimum Gasteiger partial charge on any atom is -0.294 e. The lowest BCUT2D eigenvalue weighted by Gasteiger charge is -1.98. The van der Waals surface area contributed by atoms with Crippen molar-refractivity contribution in [3.63, 3.8) is 0 Å². The summed E-state index contributed by atoms with van der Waals surface area (Å²) in [5, 5.41) is 0. The lowest BCUT2D eigenvalue weighted by Crippen LogP contribution is -2.31. The smallest absolute Gasteiger partial charge is 0.237 e. The number of nitrogens with zero attached hydrogens (tertiary/aromatic N) is 1. The maximum Gasteiger partial charge on any atom is 0.237 e. The average Bonchev–Trinajstić information content (AvgIpc) is 2.98. The number of carbonyl (C=O) groups excluding carboxylic acids is 1. The fourth-order valence-electron chi connectivity index (χ4n) is 1.56. The molecule has 3 N–H and O–H groups in total. The van der Waals surface area contributed by atoms with Crippen molar-refractivity contribution in [3.05, 3.63) is 30.1 Å². The SMILES string of the molecule is NNC(=O)[C@H]1C[C@@H]1c1cccnc1. The van der Waals surface area contributed by atoms with Crippen molar-refractivity contribution in [2.45, 2.75) is 12.3 Å². The van der Waals surface area contributed by atoms with Crippen LogP contribution in [-0.4, -0.2) is 10.9 Å². The van der Waals surface area contributed by atoms with Crippen molar-refractivity contribution in [3.8, 4) is 0 Å². The molecular weight excluding hydrogens is 166 g/mol. The predicted molar refractivity (Wildman–Crippen MR) is 47.4 cm³/mol. The van der Waals surface area contributed by atoms with Gasteiger partial charge in [-0.25, -0.2) is 5.84 Å². The molecule has 0 spiro atoms. The van der Waals surface area contributed by atoms with E-state index in [1.54, 1.807) is 12.4 Å². The third kappa shape index (κ3) is 1.53.